The molecule has 0 atom stereocenters. The lowest BCUT2D eigenvalue weighted by Crippen LogP contribution is -2.35. The van der Waals surface area contributed by atoms with E-state index in [1.165, 1.54) is 5.57 Å². The number of rotatable bonds is 2. The molecule has 2 aromatic heterocycles. The van der Waals surface area contributed by atoms with E-state index in [9.17, 15) is 4.79 Å². The highest BCUT2D eigenvalue weighted by Gasteiger charge is 2.22. The van der Waals surface area contributed by atoms with Crippen LogP contribution >= 0.6 is 0 Å². The number of hydrogen-bond donors (Lipinski definition) is 0. The maximum absolute atomic E-state index is 13.0. The van der Waals surface area contributed by atoms with Crippen LogP contribution in [0.5, 0.6) is 0 Å². The Labute approximate surface area is 146 Å². The summed E-state index contributed by atoms with van der Waals surface area (Å²) in [4.78, 5) is 19.4. The van der Waals surface area contributed by atoms with Gasteiger partial charge in [0.15, 0.2) is 0 Å². The van der Waals surface area contributed by atoms with E-state index in [0.717, 1.165) is 28.6 Å². The SMILES string of the molecule is Cc1ccc(C(=O)N2CC=C(c3ccnn3C)CC2)c2ncccc12. The zero-order valence-electron chi connectivity index (χ0n) is 14.4. The van der Waals surface area contributed by atoms with Gasteiger partial charge >= 0.3 is 0 Å². The molecule has 0 saturated heterocycles. The molecule has 0 bridgehead atoms. The average molecular weight is 332 g/mol. The van der Waals surface area contributed by atoms with Gasteiger partial charge in [-0.2, -0.15) is 5.10 Å². The minimum atomic E-state index is 0.0454. The molecule has 1 amide bonds. The van der Waals surface area contributed by atoms with Gasteiger partial charge in [-0.25, -0.2) is 0 Å². The molecule has 0 unspecified atom stereocenters. The van der Waals surface area contributed by atoms with Crippen molar-refractivity contribution >= 4 is 22.4 Å². The van der Waals surface area contributed by atoms with E-state index >= 15 is 0 Å². The summed E-state index contributed by atoms with van der Waals surface area (Å²) in [7, 11) is 1.94. The van der Waals surface area contributed by atoms with Crippen LogP contribution in [0.4, 0.5) is 0 Å². The van der Waals surface area contributed by atoms with E-state index in [4.69, 9.17) is 0 Å². The zero-order valence-corrected chi connectivity index (χ0v) is 14.4. The topological polar surface area (TPSA) is 51.0 Å². The van der Waals surface area contributed by atoms with E-state index in [1.807, 2.05) is 53.9 Å². The molecule has 3 heterocycles. The molecular formula is C20H20N4O. The van der Waals surface area contributed by atoms with E-state index in [2.05, 4.69) is 16.2 Å². The predicted molar refractivity (Wildman–Crippen MR) is 98.2 cm³/mol. The standard InChI is InChI=1S/C20H20N4O/c1-14-5-6-17(19-16(14)4-3-10-21-19)20(25)24-12-8-15(9-13-24)18-7-11-22-23(18)2/h3-8,10-11H,9,12-13H2,1-2H3. The van der Waals surface area contributed by atoms with Gasteiger partial charge in [-0.3, -0.25) is 14.5 Å². The van der Waals surface area contributed by atoms with E-state index in [1.54, 1.807) is 12.4 Å². The van der Waals surface area contributed by atoms with Crippen LogP contribution in [-0.2, 0) is 7.05 Å². The summed E-state index contributed by atoms with van der Waals surface area (Å²) in [5.41, 5.74) is 4.97. The van der Waals surface area contributed by atoms with Gasteiger partial charge in [0.2, 0.25) is 0 Å². The lowest BCUT2D eigenvalue weighted by Gasteiger charge is -2.27. The highest BCUT2D eigenvalue weighted by Crippen LogP contribution is 2.25. The number of amides is 1. The maximum Gasteiger partial charge on any atom is 0.256 e. The van der Waals surface area contributed by atoms with Gasteiger partial charge in [-0.1, -0.05) is 18.2 Å². The Kier molecular flexibility index (Phi) is 3.84. The molecule has 126 valence electrons. The molecule has 0 fully saturated rings. The molecule has 5 heteroatoms. The zero-order chi connectivity index (χ0) is 17.4. The first-order chi connectivity index (χ1) is 12.1. The number of benzene rings is 1. The molecule has 5 nitrogen and oxygen atoms in total. The number of carbonyl (C=O) groups excluding carboxylic acids is 1. The van der Waals surface area contributed by atoms with E-state index in [0.29, 0.717) is 18.7 Å². The highest BCUT2D eigenvalue weighted by atomic mass is 16.2. The second-order valence-electron chi connectivity index (χ2n) is 6.40. The van der Waals surface area contributed by atoms with Crippen LogP contribution in [0.1, 0.15) is 28.0 Å². The summed E-state index contributed by atoms with van der Waals surface area (Å²) in [5, 5.41) is 5.26. The summed E-state index contributed by atoms with van der Waals surface area (Å²) >= 11 is 0. The van der Waals surface area contributed by atoms with Crippen LogP contribution in [0.3, 0.4) is 0 Å². The minimum absolute atomic E-state index is 0.0454. The molecule has 0 saturated carbocycles. The van der Waals surface area contributed by atoms with Gasteiger partial charge in [-0.05, 0) is 42.7 Å². The molecule has 0 spiro atoms. The molecule has 4 rings (SSSR count). The molecule has 0 aliphatic carbocycles. The van der Waals surface area contributed by atoms with Gasteiger partial charge in [-0.15, -0.1) is 0 Å². The maximum atomic E-state index is 13.0. The quantitative estimate of drug-likeness (QED) is 0.724. The Morgan fingerprint density at radius 1 is 1.16 bits per heavy atom. The van der Waals surface area contributed by atoms with Crippen LogP contribution in [0.2, 0.25) is 0 Å². The fourth-order valence-electron chi connectivity index (χ4n) is 3.43. The first kappa shape index (κ1) is 15.6. The molecule has 0 radical (unpaired) electrons. The summed E-state index contributed by atoms with van der Waals surface area (Å²) < 4.78 is 1.88. The second kappa shape index (κ2) is 6.16. The molecule has 0 N–H and O–H groups in total. The Morgan fingerprint density at radius 3 is 2.76 bits per heavy atom. The first-order valence-corrected chi connectivity index (χ1v) is 8.46. The fraction of sp³-hybridized carbons (Fsp3) is 0.250. The molecule has 3 aromatic rings. The van der Waals surface area contributed by atoms with E-state index < -0.39 is 0 Å². The van der Waals surface area contributed by atoms with Crippen molar-refractivity contribution in [2.45, 2.75) is 13.3 Å². The van der Waals surface area contributed by atoms with Crippen molar-refractivity contribution < 1.29 is 4.79 Å². The van der Waals surface area contributed by atoms with E-state index in [-0.39, 0.29) is 5.91 Å². The lowest BCUT2D eigenvalue weighted by molar-refractivity contribution is 0.0774. The van der Waals surface area contributed by atoms with Gasteiger partial charge in [0.05, 0.1) is 16.8 Å². The van der Waals surface area contributed by atoms with Crippen LogP contribution in [-0.4, -0.2) is 38.7 Å². The molecule has 1 aromatic carbocycles. The monoisotopic (exact) mass is 332 g/mol. The number of fused-ring (bicyclic) bond motifs is 1. The van der Waals surface area contributed by atoms with Crippen molar-refractivity contribution in [1.82, 2.24) is 19.7 Å². The predicted octanol–water partition coefficient (Wildman–Crippen LogP) is 3.21. The summed E-state index contributed by atoms with van der Waals surface area (Å²) in [5.74, 6) is 0.0454. The second-order valence-corrected chi connectivity index (χ2v) is 6.40. The Balaban J connectivity index is 1.62. The normalized spacial score (nSPS) is 14.6. The molecular weight excluding hydrogens is 312 g/mol. The lowest BCUT2D eigenvalue weighted by atomic mass is 10.0. The molecule has 1 aliphatic heterocycles. The average Bonchev–Trinajstić information content (AvgIpc) is 3.08. The number of aryl methyl sites for hydroxylation is 2. The Bertz CT molecular complexity index is 986. The number of aromatic nitrogens is 3. The van der Waals surface area contributed by atoms with Gasteiger partial charge < -0.3 is 4.90 Å². The molecule has 25 heavy (non-hydrogen) atoms. The third-order valence-electron chi connectivity index (χ3n) is 4.86. The summed E-state index contributed by atoms with van der Waals surface area (Å²) in [6.45, 7) is 3.36. The van der Waals surface area contributed by atoms with Crippen molar-refractivity contribution in [2.75, 3.05) is 13.1 Å². The van der Waals surface area contributed by atoms with Crippen molar-refractivity contribution in [3.8, 4) is 0 Å². The summed E-state index contributed by atoms with van der Waals surface area (Å²) in [6, 6.07) is 9.84. The Morgan fingerprint density at radius 2 is 2.04 bits per heavy atom. The number of hydrogen-bond acceptors (Lipinski definition) is 3. The number of carbonyl (C=O) groups is 1. The Hall–Kier alpha value is -2.95. The van der Waals surface area contributed by atoms with Gasteiger partial charge in [0.25, 0.3) is 5.91 Å². The van der Waals surface area contributed by atoms with Crippen molar-refractivity contribution in [3.63, 3.8) is 0 Å². The molecule has 1 aliphatic rings. The van der Waals surface area contributed by atoms with Crippen LogP contribution in [0.15, 0.2) is 48.8 Å². The number of pyridine rings is 1. The van der Waals surface area contributed by atoms with Crippen LogP contribution < -0.4 is 0 Å². The first-order valence-electron chi connectivity index (χ1n) is 8.46. The van der Waals surface area contributed by atoms with Gasteiger partial charge in [0.1, 0.15) is 0 Å². The van der Waals surface area contributed by atoms with Gasteiger partial charge in [0, 0.05) is 37.9 Å². The van der Waals surface area contributed by atoms with Crippen LogP contribution in [0.25, 0.3) is 16.5 Å². The van der Waals surface area contributed by atoms with Crippen molar-refractivity contribution in [3.05, 3.63) is 65.6 Å². The van der Waals surface area contributed by atoms with Crippen molar-refractivity contribution in [2.24, 2.45) is 7.05 Å². The summed E-state index contributed by atoms with van der Waals surface area (Å²) in [6.07, 6.45) is 6.51. The minimum Gasteiger partial charge on any atom is -0.335 e. The van der Waals surface area contributed by atoms with Crippen molar-refractivity contribution in [1.29, 1.82) is 0 Å². The fourth-order valence-corrected chi connectivity index (χ4v) is 3.43. The third-order valence-corrected chi connectivity index (χ3v) is 4.86. The van der Waals surface area contributed by atoms with Crippen LogP contribution in [0, 0.1) is 6.92 Å². The highest BCUT2D eigenvalue weighted by molar-refractivity contribution is 6.06. The third kappa shape index (κ3) is 2.71. The largest absolute Gasteiger partial charge is 0.335 e. The number of nitrogens with zero attached hydrogens (tertiary/aromatic N) is 4. The smallest absolute Gasteiger partial charge is 0.256 e.